The molecule has 0 saturated heterocycles. The fourth-order valence-corrected chi connectivity index (χ4v) is 2.83. The number of hydrogen-bond donors (Lipinski definition) is 1. The molecule has 1 heterocycles. The Morgan fingerprint density at radius 3 is 2.77 bits per heavy atom. The van der Waals surface area contributed by atoms with Gasteiger partial charge >= 0.3 is 0 Å². The van der Waals surface area contributed by atoms with Crippen LogP contribution >= 0.6 is 11.3 Å². The number of rotatable bonds is 2. The zero-order chi connectivity index (χ0) is 9.10. The van der Waals surface area contributed by atoms with Crippen molar-refractivity contribution in [2.24, 2.45) is 11.7 Å². The highest BCUT2D eigenvalue weighted by Crippen LogP contribution is 2.33. The molecule has 1 fully saturated rings. The Labute approximate surface area is 83.2 Å². The van der Waals surface area contributed by atoms with Crippen LogP contribution in [0.1, 0.15) is 43.2 Å². The highest BCUT2D eigenvalue weighted by molar-refractivity contribution is 7.09. The van der Waals surface area contributed by atoms with Crippen LogP contribution in [-0.4, -0.2) is 4.98 Å². The van der Waals surface area contributed by atoms with Gasteiger partial charge in [-0.2, -0.15) is 0 Å². The Kier molecular flexibility index (Phi) is 2.96. The fourth-order valence-electron chi connectivity index (χ4n) is 2.09. The molecule has 0 aliphatic heterocycles. The Morgan fingerprint density at radius 2 is 2.15 bits per heavy atom. The number of nitrogens with zero attached hydrogens (tertiary/aromatic N) is 1. The molecule has 2 nitrogen and oxygen atoms in total. The molecule has 0 radical (unpaired) electrons. The third kappa shape index (κ3) is 2.09. The summed E-state index contributed by atoms with van der Waals surface area (Å²) >= 11 is 1.69. The van der Waals surface area contributed by atoms with Gasteiger partial charge in [0.1, 0.15) is 5.01 Å². The Morgan fingerprint density at radius 1 is 1.38 bits per heavy atom. The summed E-state index contributed by atoms with van der Waals surface area (Å²) in [5.74, 6) is 0.680. The van der Waals surface area contributed by atoms with E-state index in [1.807, 2.05) is 11.6 Å². The maximum atomic E-state index is 6.16. The van der Waals surface area contributed by atoms with E-state index < -0.39 is 0 Å². The van der Waals surface area contributed by atoms with Crippen molar-refractivity contribution in [2.45, 2.75) is 38.1 Å². The molecule has 2 rings (SSSR count). The average Bonchev–Trinajstić information content (AvgIpc) is 2.71. The summed E-state index contributed by atoms with van der Waals surface area (Å²) in [6.45, 7) is 0. The van der Waals surface area contributed by atoms with Gasteiger partial charge in [0.15, 0.2) is 0 Å². The lowest BCUT2D eigenvalue weighted by molar-refractivity contribution is 0.308. The van der Waals surface area contributed by atoms with Gasteiger partial charge in [-0.1, -0.05) is 19.3 Å². The van der Waals surface area contributed by atoms with Crippen LogP contribution in [0.2, 0.25) is 0 Å². The minimum atomic E-state index is 0.195. The van der Waals surface area contributed by atoms with E-state index in [-0.39, 0.29) is 6.04 Å². The molecule has 0 amide bonds. The molecule has 1 atom stereocenters. The predicted molar refractivity (Wildman–Crippen MR) is 55.6 cm³/mol. The summed E-state index contributed by atoms with van der Waals surface area (Å²) in [4.78, 5) is 4.28. The minimum absolute atomic E-state index is 0.195. The maximum Gasteiger partial charge on any atom is 0.110 e. The molecule has 1 aromatic rings. The van der Waals surface area contributed by atoms with Crippen molar-refractivity contribution in [3.05, 3.63) is 16.6 Å². The van der Waals surface area contributed by atoms with Crippen molar-refractivity contribution in [2.75, 3.05) is 0 Å². The summed E-state index contributed by atoms with van der Waals surface area (Å²) in [5, 5.41) is 3.13. The summed E-state index contributed by atoms with van der Waals surface area (Å²) in [6, 6.07) is 0.195. The monoisotopic (exact) mass is 196 g/mol. The van der Waals surface area contributed by atoms with E-state index >= 15 is 0 Å². The topological polar surface area (TPSA) is 38.9 Å². The van der Waals surface area contributed by atoms with Crippen LogP contribution in [0.3, 0.4) is 0 Å². The Bertz CT molecular complexity index is 239. The van der Waals surface area contributed by atoms with Gasteiger partial charge in [0.05, 0.1) is 6.04 Å². The summed E-state index contributed by atoms with van der Waals surface area (Å²) in [6.07, 6.45) is 8.53. The van der Waals surface area contributed by atoms with Gasteiger partial charge in [-0.15, -0.1) is 11.3 Å². The molecule has 13 heavy (non-hydrogen) atoms. The highest BCUT2D eigenvalue weighted by Gasteiger charge is 2.23. The van der Waals surface area contributed by atoms with Crippen LogP contribution in [0.25, 0.3) is 0 Å². The molecule has 1 unspecified atom stereocenters. The number of hydrogen-bond acceptors (Lipinski definition) is 3. The second kappa shape index (κ2) is 4.20. The molecule has 1 aromatic heterocycles. The van der Waals surface area contributed by atoms with Crippen LogP contribution < -0.4 is 5.73 Å². The molecule has 0 spiro atoms. The highest BCUT2D eigenvalue weighted by atomic mass is 32.1. The lowest BCUT2D eigenvalue weighted by Crippen LogP contribution is -2.23. The fraction of sp³-hybridized carbons (Fsp3) is 0.700. The Hall–Kier alpha value is -0.410. The van der Waals surface area contributed by atoms with Crippen LogP contribution in [0, 0.1) is 5.92 Å². The van der Waals surface area contributed by atoms with Crippen molar-refractivity contribution in [3.63, 3.8) is 0 Å². The zero-order valence-corrected chi connectivity index (χ0v) is 8.59. The summed E-state index contributed by atoms with van der Waals surface area (Å²) in [5.41, 5.74) is 6.16. The van der Waals surface area contributed by atoms with Gasteiger partial charge in [-0.25, -0.2) is 4.98 Å². The molecule has 3 heteroatoms. The molecule has 0 bridgehead atoms. The predicted octanol–water partition coefficient (Wildman–Crippen LogP) is 2.72. The van der Waals surface area contributed by atoms with E-state index in [0.29, 0.717) is 5.92 Å². The lowest BCUT2D eigenvalue weighted by atomic mass is 9.84. The van der Waals surface area contributed by atoms with E-state index in [0.717, 1.165) is 5.01 Å². The molecule has 0 aromatic carbocycles. The average molecular weight is 196 g/mol. The third-order valence-electron chi connectivity index (χ3n) is 2.89. The van der Waals surface area contributed by atoms with Gasteiger partial charge in [0, 0.05) is 11.6 Å². The first-order valence-corrected chi connectivity index (χ1v) is 5.91. The number of thiazole rings is 1. The van der Waals surface area contributed by atoms with Gasteiger partial charge < -0.3 is 5.73 Å². The maximum absolute atomic E-state index is 6.16. The first-order valence-electron chi connectivity index (χ1n) is 5.03. The van der Waals surface area contributed by atoms with Crippen molar-refractivity contribution in [3.8, 4) is 0 Å². The van der Waals surface area contributed by atoms with Crippen molar-refractivity contribution < 1.29 is 0 Å². The molecule has 1 aliphatic rings. The van der Waals surface area contributed by atoms with Crippen molar-refractivity contribution in [1.29, 1.82) is 0 Å². The van der Waals surface area contributed by atoms with Crippen LogP contribution in [0.4, 0.5) is 0 Å². The van der Waals surface area contributed by atoms with Crippen molar-refractivity contribution in [1.82, 2.24) is 4.98 Å². The first kappa shape index (κ1) is 9.16. The summed E-state index contributed by atoms with van der Waals surface area (Å²) in [7, 11) is 0. The first-order chi connectivity index (χ1) is 6.38. The zero-order valence-electron chi connectivity index (χ0n) is 7.78. The number of aromatic nitrogens is 1. The molecular weight excluding hydrogens is 180 g/mol. The van der Waals surface area contributed by atoms with E-state index in [9.17, 15) is 0 Å². The normalized spacial score (nSPS) is 21.6. The van der Waals surface area contributed by atoms with Gasteiger partial charge in [0.2, 0.25) is 0 Å². The second-order valence-corrected chi connectivity index (χ2v) is 4.72. The van der Waals surface area contributed by atoms with Crippen LogP contribution in [-0.2, 0) is 0 Å². The van der Waals surface area contributed by atoms with E-state index in [4.69, 9.17) is 5.73 Å². The standard InChI is InChI=1S/C10H16N2S/c11-9(10-12-6-7-13-10)8-4-2-1-3-5-8/h6-9H,1-5,11H2. The minimum Gasteiger partial charge on any atom is -0.322 e. The molecule has 2 N–H and O–H groups in total. The van der Waals surface area contributed by atoms with Crippen molar-refractivity contribution >= 4 is 11.3 Å². The molecule has 72 valence electrons. The smallest absolute Gasteiger partial charge is 0.110 e. The Balaban J connectivity index is 1.99. The number of nitrogens with two attached hydrogens (primary N) is 1. The summed E-state index contributed by atoms with van der Waals surface area (Å²) < 4.78 is 0. The molecular formula is C10H16N2S. The van der Waals surface area contributed by atoms with E-state index in [1.165, 1.54) is 32.1 Å². The van der Waals surface area contributed by atoms with Gasteiger partial charge in [-0.3, -0.25) is 0 Å². The third-order valence-corrected chi connectivity index (χ3v) is 3.77. The van der Waals surface area contributed by atoms with Gasteiger partial charge in [-0.05, 0) is 18.8 Å². The van der Waals surface area contributed by atoms with Gasteiger partial charge in [0.25, 0.3) is 0 Å². The lowest BCUT2D eigenvalue weighted by Gasteiger charge is -2.25. The van der Waals surface area contributed by atoms with E-state index in [1.54, 1.807) is 11.3 Å². The SMILES string of the molecule is NC(c1nccs1)C1CCCCC1. The molecule has 1 saturated carbocycles. The molecule has 1 aliphatic carbocycles. The van der Waals surface area contributed by atoms with Crippen LogP contribution in [0.15, 0.2) is 11.6 Å². The largest absolute Gasteiger partial charge is 0.322 e. The quantitative estimate of drug-likeness (QED) is 0.790. The second-order valence-electron chi connectivity index (χ2n) is 3.79. The van der Waals surface area contributed by atoms with Crippen LogP contribution in [0.5, 0.6) is 0 Å². The van der Waals surface area contributed by atoms with E-state index in [2.05, 4.69) is 4.98 Å².